The molecule has 0 aliphatic rings. The van der Waals surface area contributed by atoms with E-state index < -0.39 is 23.3 Å². The number of nitrogens with one attached hydrogen (secondary N) is 2. The van der Waals surface area contributed by atoms with Crippen molar-refractivity contribution in [3.8, 4) is 0 Å². The van der Waals surface area contributed by atoms with E-state index in [9.17, 15) is 22.8 Å². The fourth-order valence-electron chi connectivity index (χ4n) is 1.42. The Hall–Kier alpha value is -2.64. The van der Waals surface area contributed by atoms with Crippen LogP contribution in [0, 0.1) is 0 Å². The normalized spacial score (nSPS) is 11.2. The van der Waals surface area contributed by atoms with Gasteiger partial charge in [-0.25, -0.2) is 0 Å². The highest BCUT2D eigenvalue weighted by molar-refractivity contribution is 6.03. The topological polar surface area (TPSA) is 74.8 Å². The fraction of sp³-hybridized carbons (Fsp3) is 0.0833. The molecule has 0 saturated carbocycles. The summed E-state index contributed by atoms with van der Waals surface area (Å²) >= 11 is 0. The minimum Gasteiger partial charge on any atom is -0.329 e. The molecule has 2 rings (SSSR count). The van der Waals surface area contributed by atoms with Gasteiger partial charge in [-0.15, -0.1) is 0 Å². The number of hydrogen-bond acceptors (Lipinski definition) is 3. The zero-order valence-electron chi connectivity index (χ0n) is 9.86. The summed E-state index contributed by atoms with van der Waals surface area (Å²) in [5, 5.41) is 2.38. The average molecular weight is 283 g/mol. The maximum absolute atomic E-state index is 12.3. The van der Waals surface area contributed by atoms with Crippen LogP contribution in [0.15, 0.2) is 41.5 Å². The number of alkyl halides is 3. The zero-order chi connectivity index (χ0) is 14.8. The Kier molecular flexibility index (Phi) is 3.55. The maximum atomic E-state index is 12.3. The number of nitrogens with zero attached hydrogens (tertiary/aromatic N) is 1. The molecule has 20 heavy (non-hydrogen) atoms. The van der Waals surface area contributed by atoms with Crippen molar-refractivity contribution in [3.63, 3.8) is 0 Å². The number of aromatic nitrogens is 2. The third-order valence-corrected chi connectivity index (χ3v) is 2.35. The second-order valence-electron chi connectivity index (χ2n) is 3.83. The van der Waals surface area contributed by atoms with Crippen molar-refractivity contribution in [1.82, 2.24) is 9.97 Å². The minimum atomic E-state index is -4.55. The highest BCUT2D eigenvalue weighted by atomic mass is 19.4. The predicted molar refractivity (Wildman–Crippen MR) is 64.3 cm³/mol. The monoisotopic (exact) mass is 283 g/mol. The highest BCUT2D eigenvalue weighted by Crippen LogP contribution is 2.27. The van der Waals surface area contributed by atoms with Gasteiger partial charge in [-0.3, -0.25) is 14.6 Å². The molecule has 2 aromatic rings. The molecule has 2 aromatic heterocycles. The Labute approximate surface area is 110 Å². The van der Waals surface area contributed by atoms with E-state index in [0.717, 1.165) is 18.3 Å². The van der Waals surface area contributed by atoms with Crippen LogP contribution < -0.4 is 10.9 Å². The molecule has 0 aliphatic carbocycles. The summed E-state index contributed by atoms with van der Waals surface area (Å²) in [6.45, 7) is 0. The lowest BCUT2D eigenvalue weighted by atomic mass is 10.2. The van der Waals surface area contributed by atoms with E-state index in [0.29, 0.717) is 6.07 Å². The molecule has 0 aliphatic heterocycles. The second kappa shape index (κ2) is 5.16. The molecule has 2 N–H and O–H groups in total. The van der Waals surface area contributed by atoms with Crippen LogP contribution in [0.2, 0.25) is 0 Å². The molecule has 0 spiro atoms. The van der Waals surface area contributed by atoms with Gasteiger partial charge >= 0.3 is 6.18 Å². The van der Waals surface area contributed by atoms with E-state index in [1.165, 1.54) is 12.3 Å². The van der Waals surface area contributed by atoms with E-state index in [1.807, 2.05) is 0 Å². The molecule has 1 amide bonds. The largest absolute Gasteiger partial charge is 0.433 e. The van der Waals surface area contributed by atoms with Crippen LogP contribution in [0.4, 0.5) is 18.9 Å². The SMILES string of the molecule is O=C(Nc1cc[nH]c(=O)c1)c1ccc(C(F)(F)F)nc1. The molecule has 0 bridgehead atoms. The van der Waals surface area contributed by atoms with Gasteiger partial charge in [0.15, 0.2) is 0 Å². The molecule has 8 heteroatoms. The molecular weight excluding hydrogens is 275 g/mol. The van der Waals surface area contributed by atoms with Crippen LogP contribution in [0.1, 0.15) is 16.1 Å². The van der Waals surface area contributed by atoms with Gasteiger partial charge in [0.05, 0.1) is 5.56 Å². The van der Waals surface area contributed by atoms with E-state index in [1.54, 1.807) is 0 Å². The molecule has 0 unspecified atom stereocenters. The zero-order valence-corrected chi connectivity index (χ0v) is 9.86. The number of carbonyl (C=O) groups excluding carboxylic acids is 1. The van der Waals surface area contributed by atoms with Crippen molar-refractivity contribution in [1.29, 1.82) is 0 Å². The highest BCUT2D eigenvalue weighted by Gasteiger charge is 2.32. The van der Waals surface area contributed by atoms with Crippen molar-refractivity contribution in [2.45, 2.75) is 6.18 Å². The predicted octanol–water partition coefficient (Wildman–Crippen LogP) is 2.04. The van der Waals surface area contributed by atoms with Gasteiger partial charge < -0.3 is 10.3 Å². The summed E-state index contributed by atoms with van der Waals surface area (Å²) in [4.78, 5) is 28.3. The van der Waals surface area contributed by atoms with Crippen LogP contribution in [0.3, 0.4) is 0 Å². The number of amides is 1. The number of aromatic amines is 1. The van der Waals surface area contributed by atoms with Crippen molar-refractivity contribution in [2.24, 2.45) is 0 Å². The molecule has 0 radical (unpaired) electrons. The smallest absolute Gasteiger partial charge is 0.329 e. The van der Waals surface area contributed by atoms with Crippen molar-refractivity contribution in [2.75, 3.05) is 5.32 Å². The fourth-order valence-corrected chi connectivity index (χ4v) is 1.42. The van der Waals surface area contributed by atoms with Gasteiger partial charge in [0.2, 0.25) is 5.56 Å². The number of halogens is 3. The lowest BCUT2D eigenvalue weighted by molar-refractivity contribution is -0.141. The van der Waals surface area contributed by atoms with Gasteiger partial charge in [-0.05, 0) is 18.2 Å². The number of pyridine rings is 2. The molecule has 2 heterocycles. The molecular formula is C12H8F3N3O2. The van der Waals surface area contributed by atoms with Gasteiger partial charge in [-0.2, -0.15) is 13.2 Å². The summed E-state index contributed by atoms with van der Waals surface area (Å²) in [7, 11) is 0. The summed E-state index contributed by atoms with van der Waals surface area (Å²) < 4.78 is 36.9. The number of carbonyl (C=O) groups is 1. The number of hydrogen-bond donors (Lipinski definition) is 2. The van der Waals surface area contributed by atoms with Crippen molar-refractivity contribution < 1.29 is 18.0 Å². The van der Waals surface area contributed by atoms with E-state index in [4.69, 9.17) is 0 Å². The van der Waals surface area contributed by atoms with Gasteiger partial charge in [-0.1, -0.05) is 0 Å². The minimum absolute atomic E-state index is 0.0433. The van der Waals surface area contributed by atoms with Gasteiger partial charge in [0.1, 0.15) is 5.69 Å². The van der Waals surface area contributed by atoms with Crippen LogP contribution in [-0.2, 0) is 6.18 Å². The number of H-pyrrole nitrogens is 1. The molecule has 104 valence electrons. The Morgan fingerprint density at radius 3 is 2.55 bits per heavy atom. The quantitative estimate of drug-likeness (QED) is 0.885. The number of rotatable bonds is 2. The first-order valence-corrected chi connectivity index (χ1v) is 5.39. The lowest BCUT2D eigenvalue weighted by Crippen LogP contribution is -2.15. The summed E-state index contributed by atoms with van der Waals surface area (Å²) in [6.07, 6.45) is -2.39. The standard InChI is InChI=1S/C12H8F3N3O2/c13-12(14,15)9-2-1-7(6-17-9)11(20)18-8-3-4-16-10(19)5-8/h1-6H,(H2,16,18,19,20). The van der Waals surface area contributed by atoms with Gasteiger partial charge in [0.25, 0.3) is 5.91 Å². The van der Waals surface area contributed by atoms with Crippen molar-refractivity contribution >= 4 is 11.6 Å². The van der Waals surface area contributed by atoms with Crippen LogP contribution in [-0.4, -0.2) is 15.9 Å². The molecule has 0 saturated heterocycles. The van der Waals surface area contributed by atoms with Crippen LogP contribution in [0.5, 0.6) is 0 Å². The average Bonchev–Trinajstić information content (AvgIpc) is 2.38. The Balaban J connectivity index is 2.16. The Bertz CT molecular complexity index is 677. The van der Waals surface area contributed by atoms with E-state index in [-0.39, 0.29) is 11.3 Å². The summed E-state index contributed by atoms with van der Waals surface area (Å²) in [6, 6.07) is 4.32. The lowest BCUT2D eigenvalue weighted by Gasteiger charge is -2.07. The third-order valence-electron chi connectivity index (χ3n) is 2.35. The first-order chi connectivity index (χ1) is 9.36. The van der Waals surface area contributed by atoms with Crippen molar-refractivity contribution in [3.05, 3.63) is 58.3 Å². The number of anilines is 1. The maximum Gasteiger partial charge on any atom is 0.433 e. The first-order valence-electron chi connectivity index (χ1n) is 5.39. The molecule has 0 aromatic carbocycles. The van der Waals surface area contributed by atoms with E-state index in [2.05, 4.69) is 15.3 Å². The Morgan fingerprint density at radius 2 is 2.00 bits per heavy atom. The van der Waals surface area contributed by atoms with E-state index >= 15 is 0 Å². The second-order valence-corrected chi connectivity index (χ2v) is 3.83. The van der Waals surface area contributed by atoms with Crippen LogP contribution >= 0.6 is 0 Å². The van der Waals surface area contributed by atoms with Crippen LogP contribution in [0.25, 0.3) is 0 Å². The van der Waals surface area contributed by atoms with Gasteiger partial charge in [0, 0.05) is 24.1 Å². The third kappa shape index (κ3) is 3.22. The summed E-state index contributed by atoms with van der Waals surface area (Å²) in [5.74, 6) is -0.656. The molecule has 0 atom stereocenters. The summed E-state index contributed by atoms with van der Waals surface area (Å²) in [5.41, 5.74) is -1.30. The molecule has 5 nitrogen and oxygen atoms in total. The molecule has 0 fully saturated rings. The first kappa shape index (κ1) is 13.8. The Morgan fingerprint density at radius 1 is 1.25 bits per heavy atom.